The van der Waals surface area contributed by atoms with Crippen LogP contribution in [0.25, 0.3) is 6.08 Å². The SMILES string of the molecule is CC(=O)NCC1=Cc2ccccc2C(S(=O)(=O)C(=O)OCc2ccccc2)[C@@H]1C. The number of carbonyl (C=O) groups excluding carboxylic acids is 2. The summed E-state index contributed by atoms with van der Waals surface area (Å²) in [4.78, 5) is 23.9. The first-order valence-corrected chi connectivity index (χ1v) is 10.8. The number of amides is 1. The minimum atomic E-state index is -4.28. The Bertz CT molecular complexity index is 1040. The Labute approximate surface area is 170 Å². The summed E-state index contributed by atoms with van der Waals surface area (Å²) < 4.78 is 31.5. The van der Waals surface area contributed by atoms with Gasteiger partial charge in [0.15, 0.2) is 0 Å². The average molecular weight is 413 g/mol. The Morgan fingerprint density at radius 1 is 1.03 bits per heavy atom. The maximum atomic E-state index is 13.2. The molecule has 29 heavy (non-hydrogen) atoms. The maximum Gasteiger partial charge on any atom is 0.425 e. The zero-order chi connectivity index (χ0) is 21.0. The molecule has 3 rings (SSSR count). The maximum absolute atomic E-state index is 13.2. The van der Waals surface area contributed by atoms with Gasteiger partial charge < -0.3 is 10.1 Å². The fourth-order valence-electron chi connectivity index (χ4n) is 3.47. The number of sulfone groups is 1. The molecule has 0 spiro atoms. The van der Waals surface area contributed by atoms with E-state index >= 15 is 0 Å². The van der Waals surface area contributed by atoms with Crippen molar-refractivity contribution in [2.45, 2.75) is 25.7 Å². The lowest BCUT2D eigenvalue weighted by molar-refractivity contribution is -0.118. The molecule has 0 bridgehead atoms. The second-order valence-corrected chi connectivity index (χ2v) is 8.97. The molecule has 152 valence electrons. The predicted octanol–water partition coefficient (Wildman–Crippen LogP) is 3.65. The van der Waals surface area contributed by atoms with Crippen molar-refractivity contribution in [1.29, 1.82) is 0 Å². The van der Waals surface area contributed by atoms with Crippen molar-refractivity contribution in [3.05, 3.63) is 76.9 Å². The summed E-state index contributed by atoms with van der Waals surface area (Å²) in [5, 5.41) is 0.391. The molecule has 0 heterocycles. The first-order valence-electron chi connectivity index (χ1n) is 9.29. The van der Waals surface area contributed by atoms with Gasteiger partial charge in [-0.2, -0.15) is 0 Å². The van der Waals surface area contributed by atoms with Crippen molar-refractivity contribution in [2.24, 2.45) is 5.92 Å². The van der Waals surface area contributed by atoms with Crippen LogP contribution in [0.4, 0.5) is 4.79 Å². The second kappa shape index (κ2) is 8.61. The van der Waals surface area contributed by atoms with Crippen LogP contribution in [0.5, 0.6) is 0 Å². The molecule has 0 aromatic heterocycles. The van der Waals surface area contributed by atoms with Crippen LogP contribution in [0.2, 0.25) is 0 Å². The Morgan fingerprint density at radius 2 is 1.69 bits per heavy atom. The van der Waals surface area contributed by atoms with Gasteiger partial charge in [-0.25, -0.2) is 13.2 Å². The van der Waals surface area contributed by atoms with Gasteiger partial charge in [-0.15, -0.1) is 0 Å². The molecule has 7 heteroatoms. The lowest BCUT2D eigenvalue weighted by Crippen LogP contribution is -2.34. The third-order valence-electron chi connectivity index (χ3n) is 4.99. The number of benzene rings is 2. The summed E-state index contributed by atoms with van der Waals surface area (Å²) in [7, 11) is -4.28. The summed E-state index contributed by atoms with van der Waals surface area (Å²) in [6.45, 7) is 3.25. The van der Waals surface area contributed by atoms with Gasteiger partial charge in [0, 0.05) is 19.4 Å². The Morgan fingerprint density at radius 3 is 2.38 bits per heavy atom. The Balaban J connectivity index is 1.89. The zero-order valence-electron chi connectivity index (χ0n) is 16.3. The van der Waals surface area contributed by atoms with Crippen molar-refractivity contribution in [3.63, 3.8) is 0 Å². The fraction of sp³-hybridized carbons (Fsp3) is 0.273. The smallest absolute Gasteiger partial charge is 0.425 e. The molecule has 0 fully saturated rings. The normalized spacial score (nSPS) is 18.3. The molecule has 1 aliphatic rings. The van der Waals surface area contributed by atoms with Crippen LogP contribution in [-0.4, -0.2) is 26.2 Å². The molecule has 0 aliphatic heterocycles. The van der Waals surface area contributed by atoms with Crippen LogP contribution in [0.3, 0.4) is 0 Å². The van der Waals surface area contributed by atoms with Gasteiger partial charge in [0.2, 0.25) is 5.91 Å². The van der Waals surface area contributed by atoms with Gasteiger partial charge in [0.25, 0.3) is 9.84 Å². The number of ether oxygens (including phenoxy) is 1. The molecule has 1 N–H and O–H groups in total. The first kappa shape index (κ1) is 20.8. The van der Waals surface area contributed by atoms with Gasteiger partial charge >= 0.3 is 5.30 Å². The molecule has 6 nitrogen and oxygen atoms in total. The highest BCUT2D eigenvalue weighted by Crippen LogP contribution is 2.42. The standard InChI is InChI=1S/C22H23NO5S/c1-15-19(13-23-16(2)24)12-18-10-6-7-11-20(18)21(15)29(26,27)22(25)28-14-17-8-4-3-5-9-17/h3-12,15,21H,13-14H2,1-2H3,(H,23,24)/t15-,21?/m1/s1. The minimum Gasteiger partial charge on any atom is -0.449 e. The molecular formula is C22H23NO5S. The fourth-order valence-corrected chi connectivity index (χ4v) is 5.16. The average Bonchev–Trinajstić information content (AvgIpc) is 2.70. The number of rotatable bonds is 5. The van der Waals surface area contributed by atoms with Gasteiger partial charge in [0.05, 0.1) is 0 Å². The lowest BCUT2D eigenvalue weighted by atomic mass is 9.84. The molecule has 0 radical (unpaired) electrons. The largest absolute Gasteiger partial charge is 0.449 e. The molecule has 0 saturated heterocycles. The van der Waals surface area contributed by atoms with Gasteiger partial charge in [0.1, 0.15) is 11.9 Å². The van der Waals surface area contributed by atoms with E-state index in [0.717, 1.165) is 11.1 Å². The first-order chi connectivity index (χ1) is 13.8. The molecule has 2 atom stereocenters. The highest BCUT2D eigenvalue weighted by Gasteiger charge is 2.43. The molecule has 1 amide bonds. The van der Waals surface area contributed by atoms with Crippen LogP contribution in [-0.2, 0) is 26.0 Å². The van der Waals surface area contributed by atoms with E-state index < -0.39 is 26.3 Å². The Kier molecular flexibility index (Phi) is 6.17. The molecule has 0 saturated carbocycles. The van der Waals surface area contributed by atoms with Crippen LogP contribution in [0.15, 0.2) is 60.2 Å². The summed E-state index contributed by atoms with van der Waals surface area (Å²) in [6, 6.07) is 16.0. The van der Waals surface area contributed by atoms with Crippen molar-refractivity contribution >= 4 is 27.1 Å². The van der Waals surface area contributed by atoms with Crippen molar-refractivity contribution in [2.75, 3.05) is 6.54 Å². The number of nitrogens with one attached hydrogen (secondary N) is 1. The second-order valence-electron chi connectivity index (χ2n) is 7.04. The van der Waals surface area contributed by atoms with Crippen LogP contribution >= 0.6 is 0 Å². The van der Waals surface area contributed by atoms with Crippen molar-refractivity contribution in [1.82, 2.24) is 5.32 Å². The van der Waals surface area contributed by atoms with E-state index in [1.54, 1.807) is 55.5 Å². The highest BCUT2D eigenvalue weighted by molar-refractivity contribution is 8.05. The van der Waals surface area contributed by atoms with E-state index in [2.05, 4.69) is 5.32 Å². The summed E-state index contributed by atoms with van der Waals surface area (Å²) >= 11 is 0. The quantitative estimate of drug-likeness (QED) is 0.756. The van der Waals surface area contributed by atoms with E-state index in [9.17, 15) is 18.0 Å². The van der Waals surface area contributed by atoms with Crippen LogP contribution in [0, 0.1) is 5.92 Å². The predicted molar refractivity (Wildman–Crippen MR) is 111 cm³/mol. The van der Waals surface area contributed by atoms with E-state index in [-0.39, 0.29) is 19.1 Å². The summed E-state index contributed by atoms with van der Waals surface area (Å²) in [5.41, 5.74) is 2.72. The number of fused-ring (bicyclic) bond motifs is 1. The van der Waals surface area contributed by atoms with Crippen LogP contribution < -0.4 is 5.32 Å². The monoisotopic (exact) mass is 413 g/mol. The lowest BCUT2D eigenvalue weighted by Gasteiger charge is -2.31. The molecule has 2 aromatic rings. The van der Waals surface area contributed by atoms with Crippen LogP contribution in [0.1, 0.15) is 35.8 Å². The molecule has 1 aliphatic carbocycles. The van der Waals surface area contributed by atoms with E-state index in [1.165, 1.54) is 6.92 Å². The third kappa shape index (κ3) is 4.56. The minimum absolute atomic E-state index is 0.115. The van der Waals surface area contributed by atoms with Crippen molar-refractivity contribution in [3.8, 4) is 0 Å². The Hall–Kier alpha value is -2.93. The highest BCUT2D eigenvalue weighted by atomic mass is 32.2. The van der Waals surface area contributed by atoms with Gasteiger partial charge in [-0.1, -0.05) is 67.6 Å². The van der Waals surface area contributed by atoms with Gasteiger partial charge in [-0.05, 0) is 22.3 Å². The number of hydrogen-bond donors (Lipinski definition) is 1. The van der Waals surface area contributed by atoms with E-state index in [1.807, 2.05) is 12.1 Å². The van der Waals surface area contributed by atoms with E-state index in [0.29, 0.717) is 11.1 Å². The summed E-state index contributed by atoms with van der Waals surface area (Å²) in [6.07, 6.45) is 1.87. The topological polar surface area (TPSA) is 89.5 Å². The third-order valence-corrected chi connectivity index (χ3v) is 6.90. The van der Waals surface area contributed by atoms with Crippen molar-refractivity contribution < 1.29 is 22.7 Å². The molecule has 2 aromatic carbocycles. The number of hydrogen-bond acceptors (Lipinski definition) is 5. The van der Waals surface area contributed by atoms with E-state index in [4.69, 9.17) is 4.74 Å². The molecule has 1 unspecified atom stereocenters. The zero-order valence-corrected chi connectivity index (χ0v) is 17.1. The molecular weight excluding hydrogens is 390 g/mol. The number of carbonyl (C=O) groups is 2. The van der Waals surface area contributed by atoms with Gasteiger partial charge in [-0.3, -0.25) is 4.79 Å². The summed E-state index contributed by atoms with van der Waals surface area (Å²) in [5.74, 6) is -0.704.